The summed E-state index contributed by atoms with van der Waals surface area (Å²) in [5.74, 6) is 1.05. The molecule has 5 heteroatoms. The Labute approximate surface area is 160 Å². The van der Waals surface area contributed by atoms with E-state index in [4.69, 9.17) is 16.3 Å². The number of carbonyl (C=O) groups excluding carboxylic acids is 1. The number of hydrogen-bond acceptors (Lipinski definition) is 3. The molecule has 1 amide bonds. The first-order valence-electron chi connectivity index (χ1n) is 9.01. The minimum atomic E-state index is -0.645. The zero-order valence-corrected chi connectivity index (χ0v) is 16.2. The second kappa shape index (κ2) is 8.00. The summed E-state index contributed by atoms with van der Waals surface area (Å²) in [5.41, 5.74) is 2.99. The number of aryl methyl sites for hydroxylation is 1. The minimum absolute atomic E-state index is 0.204. The summed E-state index contributed by atoms with van der Waals surface area (Å²) >= 11 is 6.13. The van der Waals surface area contributed by atoms with E-state index in [1.807, 2.05) is 31.2 Å². The van der Waals surface area contributed by atoms with Gasteiger partial charge in [-0.25, -0.2) is 0 Å². The lowest BCUT2D eigenvalue weighted by Crippen LogP contribution is -2.30. The first kappa shape index (κ1) is 18.6. The van der Waals surface area contributed by atoms with Gasteiger partial charge in [0, 0.05) is 24.5 Å². The summed E-state index contributed by atoms with van der Waals surface area (Å²) in [4.78, 5) is 14.8. The van der Waals surface area contributed by atoms with Crippen molar-refractivity contribution in [2.45, 2.75) is 33.3 Å². The van der Waals surface area contributed by atoms with Crippen LogP contribution < -0.4 is 15.0 Å². The molecule has 1 N–H and O–H groups in total. The summed E-state index contributed by atoms with van der Waals surface area (Å²) in [6, 6.07) is 13.5. The van der Waals surface area contributed by atoms with Crippen molar-refractivity contribution in [1.82, 2.24) is 0 Å². The van der Waals surface area contributed by atoms with E-state index >= 15 is 0 Å². The SMILES string of the molecule is Cc1ccc(Cl)c(OC(C)C(=O)Nc2ccc(N3CCC(C)C3)cc2)c1. The topological polar surface area (TPSA) is 41.6 Å². The number of nitrogens with one attached hydrogen (secondary N) is 1. The van der Waals surface area contributed by atoms with Gasteiger partial charge in [-0.2, -0.15) is 0 Å². The molecule has 26 heavy (non-hydrogen) atoms. The molecule has 138 valence electrons. The normalized spacial score (nSPS) is 17.8. The highest BCUT2D eigenvalue weighted by Crippen LogP contribution is 2.27. The molecule has 0 radical (unpaired) electrons. The quantitative estimate of drug-likeness (QED) is 0.811. The molecule has 1 aliphatic rings. The van der Waals surface area contributed by atoms with E-state index in [2.05, 4.69) is 29.3 Å². The molecule has 1 aliphatic heterocycles. The number of hydrogen-bond donors (Lipinski definition) is 1. The third kappa shape index (κ3) is 4.50. The lowest BCUT2D eigenvalue weighted by molar-refractivity contribution is -0.122. The van der Waals surface area contributed by atoms with Crippen molar-refractivity contribution < 1.29 is 9.53 Å². The van der Waals surface area contributed by atoms with Gasteiger partial charge in [-0.05, 0) is 68.1 Å². The second-order valence-corrected chi connectivity index (χ2v) is 7.48. The first-order chi connectivity index (χ1) is 12.4. The molecule has 2 aromatic carbocycles. The fourth-order valence-corrected chi connectivity index (χ4v) is 3.28. The van der Waals surface area contributed by atoms with E-state index in [9.17, 15) is 4.79 Å². The standard InChI is InChI=1S/C21H25ClN2O2/c1-14-4-9-19(22)20(12-14)26-16(3)21(25)23-17-5-7-18(8-6-17)24-11-10-15(2)13-24/h4-9,12,15-16H,10-11,13H2,1-3H3,(H,23,25). The number of amides is 1. The van der Waals surface area contributed by atoms with Crippen LogP contribution in [0, 0.1) is 12.8 Å². The zero-order chi connectivity index (χ0) is 18.7. The van der Waals surface area contributed by atoms with Gasteiger partial charge in [-0.15, -0.1) is 0 Å². The molecular formula is C21H25ClN2O2. The van der Waals surface area contributed by atoms with Gasteiger partial charge >= 0.3 is 0 Å². The molecule has 0 bridgehead atoms. The van der Waals surface area contributed by atoms with Gasteiger partial charge in [0.05, 0.1) is 5.02 Å². The highest BCUT2D eigenvalue weighted by Gasteiger charge is 2.19. The first-order valence-corrected chi connectivity index (χ1v) is 9.39. The van der Waals surface area contributed by atoms with Gasteiger partial charge in [-0.1, -0.05) is 24.6 Å². The van der Waals surface area contributed by atoms with Crippen molar-refractivity contribution in [3.63, 3.8) is 0 Å². The second-order valence-electron chi connectivity index (χ2n) is 7.07. The molecule has 2 atom stereocenters. The number of benzene rings is 2. The summed E-state index contributed by atoms with van der Waals surface area (Å²) in [6.45, 7) is 8.13. The van der Waals surface area contributed by atoms with Crippen molar-refractivity contribution >= 4 is 28.9 Å². The van der Waals surface area contributed by atoms with Crippen LogP contribution in [0.2, 0.25) is 5.02 Å². The van der Waals surface area contributed by atoms with Crippen molar-refractivity contribution in [3.8, 4) is 5.75 Å². The molecular weight excluding hydrogens is 348 g/mol. The van der Waals surface area contributed by atoms with Gasteiger partial charge in [0.2, 0.25) is 0 Å². The van der Waals surface area contributed by atoms with Gasteiger partial charge in [0.25, 0.3) is 5.91 Å². The molecule has 3 rings (SSSR count). The molecule has 0 aromatic heterocycles. The third-order valence-electron chi connectivity index (χ3n) is 4.68. The van der Waals surface area contributed by atoms with E-state index in [-0.39, 0.29) is 5.91 Å². The zero-order valence-electron chi connectivity index (χ0n) is 15.5. The Hall–Kier alpha value is -2.20. The lowest BCUT2D eigenvalue weighted by Gasteiger charge is -2.19. The molecule has 2 aromatic rings. The average molecular weight is 373 g/mol. The van der Waals surface area contributed by atoms with Crippen LogP contribution in [0.3, 0.4) is 0 Å². The van der Waals surface area contributed by atoms with Gasteiger partial charge in [-0.3, -0.25) is 4.79 Å². The van der Waals surface area contributed by atoms with Crippen LogP contribution in [0.15, 0.2) is 42.5 Å². The Bertz CT molecular complexity index is 776. The van der Waals surface area contributed by atoms with Crippen molar-refractivity contribution in [1.29, 1.82) is 0 Å². The number of nitrogens with zero attached hydrogens (tertiary/aromatic N) is 1. The van der Waals surface area contributed by atoms with Crippen molar-refractivity contribution in [2.24, 2.45) is 5.92 Å². The monoisotopic (exact) mass is 372 g/mol. The summed E-state index contributed by atoms with van der Waals surface area (Å²) in [5, 5.41) is 3.40. The molecule has 1 saturated heterocycles. The number of halogens is 1. The Balaban J connectivity index is 1.59. The Morgan fingerprint density at radius 1 is 1.27 bits per heavy atom. The fraction of sp³-hybridized carbons (Fsp3) is 0.381. The minimum Gasteiger partial charge on any atom is -0.479 e. The van der Waals surface area contributed by atoms with Crippen LogP contribution in [-0.4, -0.2) is 25.1 Å². The Morgan fingerprint density at radius 2 is 2.00 bits per heavy atom. The summed E-state index contributed by atoms with van der Waals surface area (Å²) in [6.07, 6.45) is 0.586. The van der Waals surface area contributed by atoms with E-state index in [0.717, 1.165) is 30.3 Å². The average Bonchev–Trinajstić information content (AvgIpc) is 3.05. The smallest absolute Gasteiger partial charge is 0.265 e. The summed E-state index contributed by atoms with van der Waals surface area (Å²) in [7, 11) is 0. The van der Waals surface area contributed by atoms with Crippen molar-refractivity contribution in [2.75, 3.05) is 23.3 Å². The van der Waals surface area contributed by atoms with E-state index in [0.29, 0.717) is 10.8 Å². The number of rotatable bonds is 5. The fourth-order valence-electron chi connectivity index (χ4n) is 3.11. The summed E-state index contributed by atoms with van der Waals surface area (Å²) < 4.78 is 5.72. The number of carbonyl (C=O) groups is 1. The number of anilines is 2. The lowest BCUT2D eigenvalue weighted by atomic mass is 10.2. The van der Waals surface area contributed by atoms with Crippen LogP contribution >= 0.6 is 11.6 Å². The Morgan fingerprint density at radius 3 is 2.65 bits per heavy atom. The van der Waals surface area contributed by atoms with E-state index in [1.54, 1.807) is 13.0 Å². The molecule has 0 aliphatic carbocycles. The Kier molecular flexibility index (Phi) is 5.72. The van der Waals surface area contributed by atoms with Crippen LogP contribution in [0.5, 0.6) is 5.75 Å². The van der Waals surface area contributed by atoms with E-state index in [1.165, 1.54) is 12.1 Å². The van der Waals surface area contributed by atoms with Crippen LogP contribution in [0.4, 0.5) is 11.4 Å². The van der Waals surface area contributed by atoms with Gasteiger partial charge in [0.1, 0.15) is 5.75 Å². The number of ether oxygens (including phenoxy) is 1. The van der Waals surface area contributed by atoms with Gasteiger partial charge < -0.3 is 15.0 Å². The van der Waals surface area contributed by atoms with Crippen molar-refractivity contribution in [3.05, 3.63) is 53.1 Å². The predicted molar refractivity (Wildman–Crippen MR) is 107 cm³/mol. The molecule has 1 heterocycles. The van der Waals surface area contributed by atoms with Gasteiger partial charge in [0.15, 0.2) is 6.10 Å². The van der Waals surface area contributed by atoms with Crippen LogP contribution in [-0.2, 0) is 4.79 Å². The predicted octanol–water partition coefficient (Wildman–Crippen LogP) is 4.90. The van der Waals surface area contributed by atoms with Crippen LogP contribution in [0.1, 0.15) is 25.8 Å². The molecule has 2 unspecified atom stereocenters. The maximum atomic E-state index is 12.4. The maximum Gasteiger partial charge on any atom is 0.265 e. The molecule has 0 spiro atoms. The maximum absolute atomic E-state index is 12.4. The largest absolute Gasteiger partial charge is 0.479 e. The highest BCUT2D eigenvalue weighted by molar-refractivity contribution is 6.32. The van der Waals surface area contributed by atoms with Crippen LogP contribution in [0.25, 0.3) is 0 Å². The highest BCUT2D eigenvalue weighted by atomic mass is 35.5. The van der Waals surface area contributed by atoms with E-state index < -0.39 is 6.10 Å². The third-order valence-corrected chi connectivity index (χ3v) is 5.00. The molecule has 0 saturated carbocycles. The molecule has 4 nitrogen and oxygen atoms in total. The molecule has 1 fully saturated rings.